The average Bonchev–Trinajstić information content (AvgIpc) is 3.35. The Hall–Kier alpha value is -3.90. The lowest BCUT2D eigenvalue weighted by molar-refractivity contribution is -0.136. The van der Waals surface area contributed by atoms with Gasteiger partial charge in [0.05, 0.1) is 12.2 Å². The Labute approximate surface area is 192 Å². The molecule has 2 atom stereocenters. The van der Waals surface area contributed by atoms with Gasteiger partial charge in [0.1, 0.15) is 11.8 Å². The number of amides is 1. The SMILES string of the molecule is N[C@@H](Cc1ccc(O)cc1)C(=O)N1Cc2ccccc2C[C@H]1c1ncc(-c2ccccc2)o1. The van der Waals surface area contributed by atoms with Crippen LogP contribution in [0.2, 0.25) is 0 Å². The molecule has 3 N–H and O–H groups in total. The minimum Gasteiger partial charge on any atom is -0.508 e. The normalized spacial score (nSPS) is 16.3. The topological polar surface area (TPSA) is 92.6 Å². The van der Waals surface area contributed by atoms with Crippen molar-refractivity contribution in [3.05, 3.63) is 108 Å². The highest BCUT2D eigenvalue weighted by Crippen LogP contribution is 2.35. The largest absolute Gasteiger partial charge is 0.508 e. The lowest BCUT2D eigenvalue weighted by Crippen LogP contribution is -2.48. The van der Waals surface area contributed by atoms with Crippen LogP contribution in [0, 0.1) is 0 Å². The van der Waals surface area contributed by atoms with Crippen molar-refractivity contribution in [3.8, 4) is 17.1 Å². The minimum absolute atomic E-state index is 0.151. The van der Waals surface area contributed by atoms with Crippen LogP contribution in [0.5, 0.6) is 5.75 Å². The molecule has 166 valence electrons. The predicted octanol–water partition coefficient (Wildman–Crippen LogP) is 4.24. The molecule has 0 fully saturated rings. The van der Waals surface area contributed by atoms with Gasteiger partial charge in [0.2, 0.25) is 11.8 Å². The zero-order valence-electron chi connectivity index (χ0n) is 18.1. The quantitative estimate of drug-likeness (QED) is 0.485. The van der Waals surface area contributed by atoms with E-state index in [1.807, 2.05) is 48.5 Å². The standard InChI is InChI=1S/C27H25N3O3/c28-23(14-18-10-12-22(31)13-11-18)27(32)30-17-21-9-5-4-8-20(21)15-24(30)26-29-16-25(33-26)19-6-2-1-3-7-19/h1-13,16,23-24,31H,14-15,17,28H2/t23-,24-/m0/s1. The maximum absolute atomic E-state index is 13.5. The number of carbonyl (C=O) groups is 1. The highest BCUT2D eigenvalue weighted by Gasteiger charge is 2.36. The summed E-state index contributed by atoms with van der Waals surface area (Å²) in [5.41, 5.74) is 10.5. The van der Waals surface area contributed by atoms with Gasteiger partial charge < -0.3 is 20.2 Å². The first-order valence-corrected chi connectivity index (χ1v) is 11.0. The zero-order valence-corrected chi connectivity index (χ0v) is 18.1. The molecular weight excluding hydrogens is 414 g/mol. The summed E-state index contributed by atoms with van der Waals surface area (Å²) >= 11 is 0. The predicted molar refractivity (Wildman–Crippen MR) is 125 cm³/mol. The number of rotatable bonds is 5. The molecule has 1 aliphatic heterocycles. The van der Waals surface area contributed by atoms with Crippen molar-refractivity contribution in [3.63, 3.8) is 0 Å². The van der Waals surface area contributed by atoms with E-state index in [1.54, 1.807) is 35.4 Å². The molecule has 0 saturated heterocycles. The first kappa shape index (κ1) is 21.0. The fraction of sp³-hybridized carbons (Fsp3) is 0.185. The van der Waals surface area contributed by atoms with Crippen LogP contribution in [0.1, 0.15) is 28.6 Å². The molecule has 0 radical (unpaired) electrons. The summed E-state index contributed by atoms with van der Waals surface area (Å²) in [5, 5.41) is 9.52. The molecule has 3 aromatic carbocycles. The van der Waals surface area contributed by atoms with Gasteiger partial charge in [0, 0.05) is 18.5 Å². The Morgan fingerprint density at radius 2 is 1.73 bits per heavy atom. The van der Waals surface area contributed by atoms with E-state index in [0.717, 1.165) is 16.7 Å². The van der Waals surface area contributed by atoms with Crippen molar-refractivity contribution < 1.29 is 14.3 Å². The molecule has 33 heavy (non-hydrogen) atoms. The number of nitrogens with zero attached hydrogens (tertiary/aromatic N) is 2. The fourth-order valence-electron chi connectivity index (χ4n) is 4.34. The van der Waals surface area contributed by atoms with Gasteiger partial charge in [-0.05, 0) is 35.2 Å². The number of hydrogen-bond donors (Lipinski definition) is 2. The number of phenolic OH excluding ortho intramolecular Hbond substituents is 1. The summed E-state index contributed by atoms with van der Waals surface area (Å²) in [6, 6.07) is 23.6. The van der Waals surface area contributed by atoms with Gasteiger partial charge in [-0.2, -0.15) is 0 Å². The number of phenols is 1. The smallest absolute Gasteiger partial charge is 0.240 e. The molecule has 5 rings (SSSR count). The van der Waals surface area contributed by atoms with Crippen molar-refractivity contribution in [1.82, 2.24) is 9.88 Å². The first-order valence-electron chi connectivity index (χ1n) is 11.0. The van der Waals surface area contributed by atoms with Crippen LogP contribution >= 0.6 is 0 Å². The highest BCUT2D eigenvalue weighted by atomic mass is 16.4. The van der Waals surface area contributed by atoms with Gasteiger partial charge in [0.15, 0.2) is 5.76 Å². The molecular formula is C27H25N3O3. The number of oxazole rings is 1. The maximum atomic E-state index is 13.5. The lowest BCUT2D eigenvalue weighted by atomic mass is 9.92. The second-order valence-corrected chi connectivity index (χ2v) is 8.36. The molecule has 0 aliphatic carbocycles. The molecule has 0 unspecified atom stereocenters. The van der Waals surface area contributed by atoms with Gasteiger partial charge in [-0.1, -0.05) is 66.7 Å². The molecule has 0 spiro atoms. The summed E-state index contributed by atoms with van der Waals surface area (Å²) in [5.74, 6) is 1.21. The number of carbonyl (C=O) groups excluding carboxylic acids is 1. The number of aromatic hydroxyl groups is 1. The Morgan fingerprint density at radius 3 is 2.48 bits per heavy atom. The number of benzene rings is 3. The van der Waals surface area contributed by atoms with E-state index in [2.05, 4.69) is 11.1 Å². The Morgan fingerprint density at radius 1 is 1.03 bits per heavy atom. The van der Waals surface area contributed by atoms with Gasteiger partial charge in [-0.25, -0.2) is 4.98 Å². The number of fused-ring (bicyclic) bond motifs is 1. The number of hydrogen-bond acceptors (Lipinski definition) is 5. The van der Waals surface area contributed by atoms with Crippen molar-refractivity contribution in [2.45, 2.75) is 31.5 Å². The van der Waals surface area contributed by atoms with E-state index in [9.17, 15) is 9.90 Å². The second kappa shape index (κ2) is 8.92. The van der Waals surface area contributed by atoms with Crippen molar-refractivity contribution >= 4 is 5.91 Å². The van der Waals surface area contributed by atoms with Crippen LogP contribution in [-0.2, 0) is 24.2 Å². The van der Waals surface area contributed by atoms with Gasteiger partial charge in [0.25, 0.3) is 0 Å². The Balaban J connectivity index is 1.44. The molecule has 2 heterocycles. The van der Waals surface area contributed by atoms with Gasteiger partial charge >= 0.3 is 0 Å². The molecule has 4 aromatic rings. The monoisotopic (exact) mass is 439 g/mol. The molecule has 6 heteroatoms. The summed E-state index contributed by atoms with van der Waals surface area (Å²) in [6.45, 7) is 0.450. The van der Waals surface area contributed by atoms with E-state index in [0.29, 0.717) is 31.0 Å². The van der Waals surface area contributed by atoms with Crippen LogP contribution in [0.3, 0.4) is 0 Å². The third-order valence-electron chi connectivity index (χ3n) is 6.11. The van der Waals surface area contributed by atoms with E-state index < -0.39 is 6.04 Å². The molecule has 1 aromatic heterocycles. The van der Waals surface area contributed by atoms with E-state index in [-0.39, 0.29) is 17.7 Å². The fourth-order valence-corrected chi connectivity index (χ4v) is 4.34. The van der Waals surface area contributed by atoms with Crippen molar-refractivity contribution in [1.29, 1.82) is 0 Å². The Kier molecular flexibility index (Phi) is 5.67. The van der Waals surface area contributed by atoms with Crippen LogP contribution in [-0.4, -0.2) is 26.9 Å². The van der Waals surface area contributed by atoms with Crippen molar-refractivity contribution in [2.75, 3.05) is 0 Å². The first-order chi connectivity index (χ1) is 16.1. The van der Waals surface area contributed by atoms with Crippen LogP contribution < -0.4 is 5.73 Å². The summed E-state index contributed by atoms with van der Waals surface area (Å²) in [4.78, 5) is 19.9. The van der Waals surface area contributed by atoms with E-state index in [1.165, 1.54) is 5.56 Å². The lowest BCUT2D eigenvalue weighted by Gasteiger charge is -2.36. The van der Waals surface area contributed by atoms with E-state index >= 15 is 0 Å². The van der Waals surface area contributed by atoms with Crippen LogP contribution in [0.25, 0.3) is 11.3 Å². The van der Waals surface area contributed by atoms with Crippen LogP contribution in [0.15, 0.2) is 89.5 Å². The molecule has 6 nitrogen and oxygen atoms in total. The van der Waals surface area contributed by atoms with Crippen LogP contribution in [0.4, 0.5) is 0 Å². The molecule has 0 bridgehead atoms. The zero-order chi connectivity index (χ0) is 22.8. The molecule has 1 amide bonds. The van der Waals surface area contributed by atoms with Gasteiger partial charge in [-0.3, -0.25) is 4.79 Å². The maximum Gasteiger partial charge on any atom is 0.240 e. The molecule has 1 aliphatic rings. The summed E-state index contributed by atoms with van der Waals surface area (Å²) < 4.78 is 6.14. The summed E-state index contributed by atoms with van der Waals surface area (Å²) in [7, 11) is 0. The third-order valence-corrected chi connectivity index (χ3v) is 6.11. The minimum atomic E-state index is -0.717. The third kappa shape index (κ3) is 4.38. The number of nitrogens with two attached hydrogens (primary N) is 1. The van der Waals surface area contributed by atoms with E-state index in [4.69, 9.17) is 10.2 Å². The number of aromatic nitrogens is 1. The second-order valence-electron chi connectivity index (χ2n) is 8.36. The van der Waals surface area contributed by atoms with Crippen molar-refractivity contribution in [2.24, 2.45) is 5.73 Å². The average molecular weight is 440 g/mol. The van der Waals surface area contributed by atoms with Gasteiger partial charge in [-0.15, -0.1) is 0 Å². The summed E-state index contributed by atoms with van der Waals surface area (Å²) in [6.07, 6.45) is 2.71. The Bertz CT molecular complexity index is 1250. The molecule has 0 saturated carbocycles. The highest BCUT2D eigenvalue weighted by molar-refractivity contribution is 5.82.